The number of amides is 10. The number of aliphatic carboxylic acids is 1. The minimum absolute atomic E-state index is 0.0258. The van der Waals surface area contributed by atoms with E-state index in [0.717, 1.165) is 0 Å². The Bertz CT molecular complexity index is 2170. The number of thioether (sulfide) groups is 1. The van der Waals surface area contributed by atoms with Crippen LogP contribution in [-0.2, 0) is 59.2 Å². The van der Waals surface area contributed by atoms with E-state index in [1.807, 2.05) is 6.26 Å². The van der Waals surface area contributed by atoms with Crippen LogP contribution in [0.1, 0.15) is 112 Å². The van der Waals surface area contributed by atoms with Gasteiger partial charge in [-0.15, -0.1) is 0 Å². The molecule has 0 spiro atoms. The number of carbonyl (C=O) groups excluding carboxylic acids is 10. The number of aliphatic hydroxyl groups is 2. The lowest BCUT2D eigenvalue weighted by Crippen LogP contribution is -2.63. The van der Waals surface area contributed by atoms with Gasteiger partial charge >= 0.3 is 5.97 Å². The summed E-state index contributed by atoms with van der Waals surface area (Å²) in [5.74, 6) is -10.8. The molecular formula is C52H88N12O14S. The van der Waals surface area contributed by atoms with Gasteiger partial charge in [-0.05, 0) is 94.2 Å². The summed E-state index contributed by atoms with van der Waals surface area (Å²) in [7, 11) is 0. The lowest BCUT2D eigenvalue weighted by molar-refractivity contribution is -0.139. The first-order valence-electron chi connectivity index (χ1n) is 26.6. The number of carboxylic acids is 1. The summed E-state index contributed by atoms with van der Waals surface area (Å²) < 4.78 is 0. The standard InChI is InChI=1S/C52H88N12O14S/c1-10-29(6)41(62-46(72)35(19-20-38(55)67)57-44(70)33(54)21-23-79-9)51(77)60-37(25-32-16-12-11-13-17-32)48(74)61-40(28(4)5)50(76)58-34(18-14-15-22-53)45(71)64-43(31(8)66)52(78)59-36(24-27(2)3)47(73)63-42(30(7)65)49(75)56-26-39(68)69/h11-13,16-17,27-31,33-37,40-43,65-66H,10,14-15,18-26,53-54H2,1-9H3,(H2,55,67)(H,56,75)(H,57,70)(H,58,76)(H,59,78)(H,60,77)(H,61,74)(H,62,72)(H,63,73)(H,64,71)(H,68,69)/t29-,30+,31+,33-,34-,35-,36-,37-,40-,41-,42-,43-/m0/s1. The van der Waals surface area contributed by atoms with Crippen molar-refractivity contribution in [2.45, 2.75) is 180 Å². The van der Waals surface area contributed by atoms with Crippen molar-refractivity contribution in [3.05, 3.63) is 35.9 Å². The second-order valence-corrected chi connectivity index (χ2v) is 21.4. The van der Waals surface area contributed by atoms with Crippen molar-refractivity contribution in [1.29, 1.82) is 0 Å². The molecule has 1 aromatic rings. The molecule has 79 heavy (non-hydrogen) atoms. The monoisotopic (exact) mass is 1140 g/mol. The van der Waals surface area contributed by atoms with E-state index in [1.54, 1.807) is 71.9 Å². The van der Waals surface area contributed by atoms with Gasteiger partial charge in [-0.3, -0.25) is 52.7 Å². The Labute approximate surface area is 466 Å². The smallest absolute Gasteiger partial charge is 0.322 e. The minimum Gasteiger partial charge on any atom is -0.480 e. The van der Waals surface area contributed by atoms with E-state index in [9.17, 15) is 63.0 Å². The molecule has 18 N–H and O–H groups in total. The third kappa shape index (κ3) is 26.4. The number of unbranched alkanes of at least 4 members (excludes halogenated alkanes) is 1. The number of benzene rings is 1. The highest BCUT2D eigenvalue weighted by molar-refractivity contribution is 7.98. The van der Waals surface area contributed by atoms with Crippen LogP contribution in [0.4, 0.5) is 0 Å². The molecule has 12 atom stereocenters. The Morgan fingerprint density at radius 2 is 1.04 bits per heavy atom. The molecular weight excluding hydrogens is 1050 g/mol. The third-order valence-corrected chi connectivity index (χ3v) is 13.3. The lowest BCUT2D eigenvalue weighted by atomic mass is 9.96. The van der Waals surface area contributed by atoms with E-state index in [2.05, 4.69) is 47.9 Å². The number of hydrogen-bond acceptors (Lipinski definition) is 16. The molecule has 1 aromatic carbocycles. The number of rotatable bonds is 38. The Kier molecular flexibility index (Phi) is 32.8. The normalized spacial score (nSPS) is 15.8. The van der Waals surface area contributed by atoms with E-state index in [1.165, 1.54) is 25.6 Å². The van der Waals surface area contributed by atoms with E-state index in [-0.39, 0.29) is 44.6 Å². The molecule has 0 aromatic heterocycles. The predicted molar refractivity (Wildman–Crippen MR) is 296 cm³/mol. The summed E-state index contributed by atoms with van der Waals surface area (Å²) in [6, 6.07) is -3.78. The van der Waals surface area contributed by atoms with Crippen LogP contribution < -0.4 is 65.1 Å². The van der Waals surface area contributed by atoms with Crippen molar-refractivity contribution < 1.29 is 68.1 Å². The second kappa shape index (κ2) is 36.7. The molecule has 0 fully saturated rings. The molecule has 0 saturated carbocycles. The molecule has 0 bridgehead atoms. The zero-order valence-electron chi connectivity index (χ0n) is 46.9. The van der Waals surface area contributed by atoms with Gasteiger partial charge in [0.15, 0.2) is 0 Å². The van der Waals surface area contributed by atoms with Gasteiger partial charge < -0.3 is 80.4 Å². The van der Waals surface area contributed by atoms with Crippen LogP contribution >= 0.6 is 11.8 Å². The van der Waals surface area contributed by atoms with Gasteiger partial charge in [0.1, 0.15) is 54.9 Å². The molecule has 26 nitrogen and oxygen atoms in total. The zero-order chi connectivity index (χ0) is 60.1. The van der Waals surface area contributed by atoms with Gasteiger partial charge in [0.05, 0.1) is 18.2 Å². The molecule has 0 saturated heterocycles. The number of carbonyl (C=O) groups is 11. The second-order valence-electron chi connectivity index (χ2n) is 20.4. The van der Waals surface area contributed by atoms with Gasteiger partial charge in [-0.2, -0.15) is 11.8 Å². The van der Waals surface area contributed by atoms with Crippen LogP contribution in [0.5, 0.6) is 0 Å². The van der Waals surface area contributed by atoms with Crippen LogP contribution in [0.3, 0.4) is 0 Å². The zero-order valence-corrected chi connectivity index (χ0v) is 47.7. The summed E-state index contributed by atoms with van der Waals surface area (Å²) in [6.45, 7) is 12.0. The van der Waals surface area contributed by atoms with Crippen LogP contribution in [0, 0.1) is 17.8 Å². The van der Waals surface area contributed by atoms with Crippen LogP contribution in [0.2, 0.25) is 0 Å². The van der Waals surface area contributed by atoms with Crippen molar-refractivity contribution >= 4 is 76.8 Å². The fourth-order valence-corrected chi connectivity index (χ4v) is 8.34. The number of aliphatic hydroxyl groups excluding tert-OH is 2. The average Bonchev–Trinajstić information content (AvgIpc) is 3.38. The molecule has 0 aliphatic heterocycles. The van der Waals surface area contributed by atoms with E-state index < -0.39 is 150 Å². The predicted octanol–water partition coefficient (Wildman–Crippen LogP) is -2.71. The highest BCUT2D eigenvalue weighted by atomic mass is 32.2. The number of nitrogens with one attached hydrogen (secondary N) is 9. The van der Waals surface area contributed by atoms with Crippen molar-refractivity contribution in [3.8, 4) is 0 Å². The fraction of sp³-hybridized carbons (Fsp3) is 0.673. The van der Waals surface area contributed by atoms with E-state index in [0.29, 0.717) is 37.0 Å². The summed E-state index contributed by atoms with van der Waals surface area (Å²) in [5, 5.41) is 52.8. The first-order chi connectivity index (χ1) is 37.1. The molecule has 0 heterocycles. The van der Waals surface area contributed by atoms with Gasteiger partial charge in [0.25, 0.3) is 0 Å². The molecule has 0 aliphatic carbocycles. The topological polar surface area (TPSA) is 435 Å². The number of carboxylic acid groups (broad SMARTS) is 1. The molecule has 10 amide bonds. The first kappa shape index (κ1) is 70.6. The Morgan fingerprint density at radius 1 is 0.570 bits per heavy atom. The van der Waals surface area contributed by atoms with Crippen LogP contribution in [0.15, 0.2) is 30.3 Å². The van der Waals surface area contributed by atoms with Gasteiger partial charge in [0, 0.05) is 12.8 Å². The van der Waals surface area contributed by atoms with Crippen molar-refractivity contribution in [3.63, 3.8) is 0 Å². The number of hydrogen-bond donors (Lipinski definition) is 15. The van der Waals surface area contributed by atoms with Crippen LogP contribution in [-0.4, -0.2) is 172 Å². The summed E-state index contributed by atoms with van der Waals surface area (Å²) in [5.41, 5.74) is 17.8. The quantitative estimate of drug-likeness (QED) is 0.0300. The fourth-order valence-electron chi connectivity index (χ4n) is 7.85. The van der Waals surface area contributed by atoms with E-state index >= 15 is 0 Å². The summed E-state index contributed by atoms with van der Waals surface area (Å²) in [6.07, 6.45) is -0.490. The highest BCUT2D eigenvalue weighted by Gasteiger charge is 2.38. The molecule has 0 unspecified atom stereocenters. The maximum atomic E-state index is 14.5. The maximum absolute atomic E-state index is 14.5. The highest BCUT2D eigenvalue weighted by Crippen LogP contribution is 2.14. The average molecular weight is 1140 g/mol. The summed E-state index contributed by atoms with van der Waals surface area (Å²) in [4.78, 5) is 147. The lowest BCUT2D eigenvalue weighted by Gasteiger charge is -2.30. The molecule has 27 heteroatoms. The van der Waals surface area contributed by atoms with Crippen molar-refractivity contribution in [2.24, 2.45) is 35.0 Å². The Hall–Kier alpha value is -6.42. The third-order valence-electron chi connectivity index (χ3n) is 12.7. The number of nitrogens with two attached hydrogens (primary N) is 3. The van der Waals surface area contributed by atoms with Gasteiger partial charge in [-0.1, -0.05) is 78.3 Å². The van der Waals surface area contributed by atoms with E-state index in [4.69, 9.17) is 22.3 Å². The minimum atomic E-state index is -1.73. The maximum Gasteiger partial charge on any atom is 0.322 e. The van der Waals surface area contributed by atoms with Gasteiger partial charge in [-0.25, -0.2) is 0 Å². The van der Waals surface area contributed by atoms with Gasteiger partial charge in [0.2, 0.25) is 59.1 Å². The largest absolute Gasteiger partial charge is 0.480 e. The summed E-state index contributed by atoms with van der Waals surface area (Å²) >= 11 is 1.47. The van der Waals surface area contributed by atoms with Crippen molar-refractivity contribution in [2.75, 3.05) is 25.1 Å². The van der Waals surface area contributed by atoms with Crippen LogP contribution in [0.25, 0.3) is 0 Å². The Morgan fingerprint density at radius 3 is 1.54 bits per heavy atom. The molecule has 0 aliphatic rings. The molecule has 0 radical (unpaired) electrons. The van der Waals surface area contributed by atoms with Crippen molar-refractivity contribution in [1.82, 2.24) is 47.9 Å². The Balaban J connectivity index is 3.55. The number of primary amides is 1. The molecule has 1 rings (SSSR count). The first-order valence-corrected chi connectivity index (χ1v) is 28.0. The SMILES string of the molecule is CC[C@H](C)[C@H](NC(=O)[C@H](CCC(N)=O)NC(=O)[C@@H](N)CCSC)C(=O)N[C@@H](Cc1ccccc1)C(=O)N[C@H](C(=O)N[C@@H](CCCCN)C(=O)N[C@H](C(=O)N[C@@H](CC(C)C)C(=O)N[C@H](C(=O)NCC(=O)O)[C@@H](C)O)[C@@H](C)O)C(C)C. The molecule has 446 valence electrons.